The number of carbonyl (C=O) groups excluding carboxylic acids is 2. The molecule has 0 aliphatic rings. The Balaban J connectivity index is 1.84. The number of amides is 2. The molecule has 1 N–H and O–H groups in total. The summed E-state index contributed by atoms with van der Waals surface area (Å²) in [4.78, 5) is 30.7. The van der Waals surface area contributed by atoms with Gasteiger partial charge in [-0.05, 0) is 69.0 Å². The van der Waals surface area contributed by atoms with Gasteiger partial charge in [0.2, 0.25) is 5.91 Å². The van der Waals surface area contributed by atoms with Gasteiger partial charge in [-0.2, -0.15) is 0 Å². The van der Waals surface area contributed by atoms with Gasteiger partial charge >= 0.3 is 6.09 Å². The van der Waals surface area contributed by atoms with Crippen LogP contribution in [0.3, 0.4) is 0 Å². The Morgan fingerprint density at radius 3 is 2.55 bits per heavy atom. The molecule has 0 bridgehead atoms. The molecular weight excluding hydrogens is 422 g/mol. The minimum Gasteiger partial charge on any atom is -0.497 e. The molecule has 0 aliphatic carbocycles. The van der Waals surface area contributed by atoms with Crippen LogP contribution in [0.1, 0.15) is 44.7 Å². The summed E-state index contributed by atoms with van der Waals surface area (Å²) in [6.45, 7) is 6.82. The van der Waals surface area contributed by atoms with E-state index in [0.29, 0.717) is 38.9 Å². The van der Waals surface area contributed by atoms with E-state index in [2.05, 4.69) is 10.3 Å². The van der Waals surface area contributed by atoms with E-state index in [1.807, 2.05) is 51.1 Å². The standard InChI is InChI=1S/C25H35N3O5/c1-25(2,3)33-24(30)28(18-19-8-6-13-26-17-19)15-7-14-27-23(29)12-9-20-16-21(31-4)10-11-22(20)32-5/h6,8,10-11,13,16-17H,7,9,12,14-15,18H2,1-5H3,(H,27,29). The molecule has 8 nitrogen and oxygen atoms in total. The number of benzene rings is 1. The first-order chi connectivity index (χ1) is 15.7. The zero-order chi connectivity index (χ0) is 24.3. The highest BCUT2D eigenvalue weighted by atomic mass is 16.6. The summed E-state index contributed by atoms with van der Waals surface area (Å²) >= 11 is 0. The molecule has 0 radical (unpaired) electrons. The van der Waals surface area contributed by atoms with Gasteiger partial charge < -0.3 is 24.4 Å². The first kappa shape index (κ1) is 26.0. The van der Waals surface area contributed by atoms with Gasteiger partial charge in [-0.15, -0.1) is 0 Å². The fourth-order valence-electron chi connectivity index (χ4n) is 3.19. The molecule has 1 heterocycles. The number of aromatic nitrogens is 1. The second-order valence-electron chi connectivity index (χ2n) is 8.64. The van der Waals surface area contributed by atoms with Gasteiger partial charge in [0.25, 0.3) is 0 Å². The van der Waals surface area contributed by atoms with Gasteiger partial charge in [-0.1, -0.05) is 6.07 Å². The lowest BCUT2D eigenvalue weighted by atomic mass is 10.1. The summed E-state index contributed by atoms with van der Waals surface area (Å²) in [5.41, 5.74) is 1.25. The third-order valence-corrected chi connectivity index (χ3v) is 4.78. The van der Waals surface area contributed by atoms with E-state index < -0.39 is 5.60 Å². The maximum absolute atomic E-state index is 12.6. The van der Waals surface area contributed by atoms with Gasteiger partial charge in [0.05, 0.1) is 20.8 Å². The van der Waals surface area contributed by atoms with E-state index in [1.54, 1.807) is 31.5 Å². The van der Waals surface area contributed by atoms with E-state index >= 15 is 0 Å². The lowest BCUT2D eigenvalue weighted by Crippen LogP contribution is -2.38. The number of nitrogens with one attached hydrogen (secondary N) is 1. The van der Waals surface area contributed by atoms with Gasteiger partial charge in [-0.25, -0.2) is 4.79 Å². The predicted octanol–water partition coefficient (Wildman–Crippen LogP) is 3.98. The Bertz CT molecular complexity index is 897. The quantitative estimate of drug-likeness (QED) is 0.514. The van der Waals surface area contributed by atoms with Crippen molar-refractivity contribution in [1.29, 1.82) is 0 Å². The zero-order valence-electron chi connectivity index (χ0n) is 20.2. The third-order valence-electron chi connectivity index (χ3n) is 4.78. The smallest absolute Gasteiger partial charge is 0.410 e. The summed E-state index contributed by atoms with van der Waals surface area (Å²) in [6.07, 6.45) is 4.51. The minimum absolute atomic E-state index is 0.0593. The van der Waals surface area contributed by atoms with Crippen LogP contribution in [0.25, 0.3) is 0 Å². The topological polar surface area (TPSA) is 90.0 Å². The Labute approximate surface area is 196 Å². The molecule has 0 unspecified atom stereocenters. The van der Waals surface area contributed by atoms with E-state index in [4.69, 9.17) is 14.2 Å². The van der Waals surface area contributed by atoms with Gasteiger partial charge in [0.15, 0.2) is 0 Å². The number of pyridine rings is 1. The van der Waals surface area contributed by atoms with E-state index in [-0.39, 0.29) is 12.0 Å². The number of hydrogen-bond acceptors (Lipinski definition) is 6. The monoisotopic (exact) mass is 457 g/mol. The van der Waals surface area contributed by atoms with E-state index in [9.17, 15) is 9.59 Å². The number of rotatable bonds is 11. The van der Waals surface area contributed by atoms with Crippen molar-refractivity contribution in [2.24, 2.45) is 0 Å². The lowest BCUT2D eigenvalue weighted by Gasteiger charge is -2.27. The Hall–Kier alpha value is -3.29. The maximum atomic E-state index is 12.6. The SMILES string of the molecule is COc1ccc(OC)c(CCC(=O)NCCCN(Cc2cccnc2)C(=O)OC(C)(C)C)c1. The fourth-order valence-corrected chi connectivity index (χ4v) is 3.19. The highest BCUT2D eigenvalue weighted by molar-refractivity contribution is 5.76. The van der Waals surface area contributed by atoms with Crippen molar-refractivity contribution < 1.29 is 23.8 Å². The van der Waals surface area contributed by atoms with Crippen LogP contribution in [0.15, 0.2) is 42.7 Å². The summed E-state index contributed by atoms with van der Waals surface area (Å²) in [5, 5.41) is 2.92. The molecule has 1 aromatic carbocycles. The Kier molecular flexibility index (Phi) is 9.97. The molecule has 0 aliphatic heterocycles. The Morgan fingerprint density at radius 2 is 1.91 bits per heavy atom. The molecule has 2 aromatic rings. The first-order valence-corrected chi connectivity index (χ1v) is 11.1. The molecule has 0 saturated heterocycles. The summed E-state index contributed by atoms with van der Waals surface area (Å²) in [5.74, 6) is 1.39. The van der Waals surface area contributed by atoms with Crippen LogP contribution in [0.5, 0.6) is 11.5 Å². The highest BCUT2D eigenvalue weighted by Crippen LogP contribution is 2.25. The number of methoxy groups -OCH3 is 2. The van der Waals surface area contributed by atoms with Gasteiger partial charge in [-0.3, -0.25) is 9.78 Å². The van der Waals surface area contributed by atoms with Gasteiger partial charge in [0, 0.05) is 31.9 Å². The summed E-state index contributed by atoms with van der Waals surface area (Å²) in [6, 6.07) is 9.28. The van der Waals surface area contributed by atoms with E-state index in [1.165, 1.54) is 0 Å². The van der Waals surface area contributed by atoms with Crippen molar-refractivity contribution in [3.05, 3.63) is 53.9 Å². The van der Waals surface area contributed by atoms with E-state index in [0.717, 1.165) is 22.6 Å². The van der Waals surface area contributed by atoms with Crippen LogP contribution in [0, 0.1) is 0 Å². The molecule has 0 saturated carbocycles. The van der Waals surface area contributed by atoms with Crippen LogP contribution in [0.4, 0.5) is 4.79 Å². The molecule has 33 heavy (non-hydrogen) atoms. The fraction of sp³-hybridized carbons (Fsp3) is 0.480. The molecule has 2 amide bonds. The van der Waals surface area contributed by atoms with Crippen molar-refractivity contribution >= 4 is 12.0 Å². The average molecular weight is 458 g/mol. The Morgan fingerprint density at radius 1 is 1.12 bits per heavy atom. The normalized spacial score (nSPS) is 10.9. The largest absolute Gasteiger partial charge is 0.497 e. The predicted molar refractivity (Wildman–Crippen MR) is 126 cm³/mol. The number of nitrogens with zero attached hydrogens (tertiary/aromatic N) is 2. The second-order valence-corrected chi connectivity index (χ2v) is 8.64. The van der Waals surface area contributed by atoms with Crippen LogP contribution in [-0.2, 0) is 22.5 Å². The molecule has 0 fully saturated rings. The summed E-state index contributed by atoms with van der Waals surface area (Å²) < 4.78 is 16.2. The molecular formula is C25H35N3O5. The first-order valence-electron chi connectivity index (χ1n) is 11.1. The number of ether oxygens (including phenoxy) is 3. The molecule has 8 heteroatoms. The molecule has 2 rings (SSSR count). The molecule has 1 aromatic heterocycles. The molecule has 180 valence electrons. The van der Waals surface area contributed by atoms with Crippen molar-refractivity contribution in [3.8, 4) is 11.5 Å². The summed E-state index contributed by atoms with van der Waals surface area (Å²) in [7, 11) is 3.21. The molecule has 0 spiro atoms. The zero-order valence-corrected chi connectivity index (χ0v) is 20.2. The van der Waals surface area contributed by atoms with Crippen LogP contribution < -0.4 is 14.8 Å². The highest BCUT2D eigenvalue weighted by Gasteiger charge is 2.22. The third kappa shape index (κ3) is 9.39. The second kappa shape index (κ2) is 12.7. The average Bonchev–Trinajstić information content (AvgIpc) is 2.78. The van der Waals surface area contributed by atoms with Crippen LogP contribution >= 0.6 is 0 Å². The van der Waals surface area contributed by atoms with Crippen molar-refractivity contribution in [1.82, 2.24) is 15.2 Å². The van der Waals surface area contributed by atoms with Crippen LogP contribution in [0.2, 0.25) is 0 Å². The van der Waals surface area contributed by atoms with Crippen LogP contribution in [-0.4, -0.2) is 54.8 Å². The maximum Gasteiger partial charge on any atom is 0.410 e. The van der Waals surface area contributed by atoms with Crippen molar-refractivity contribution in [3.63, 3.8) is 0 Å². The number of carbonyl (C=O) groups is 2. The van der Waals surface area contributed by atoms with Crippen molar-refractivity contribution in [2.75, 3.05) is 27.3 Å². The minimum atomic E-state index is -0.584. The number of aryl methyl sites for hydroxylation is 1. The number of hydrogen-bond donors (Lipinski definition) is 1. The van der Waals surface area contributed by atoms with Crippen molar-refractivity contribution in [2.45, 2.75) is 52.2 Å². The lowest BCUT2D eigenvalue weighted by molar-refractivity contribution is -0.121. The molecule has 0 atom stereocenters. The van der Waals surface area contributed by atoms with Gasteiger partial charge in [0.1, 0.15) is 17.1 Å².